The molecule has 0 unspecified atom stereocenters. The first-order chi connectivity index (χ1) is 27.3. The van der Waals surface area contributed by atoms with Crippen LogP contribution in [0.5, 0.6) is 0 Å². The fourth-order valence-corrected chi connectivity index (χ4v) is 9.34. The van der Waals surface area contributed by atoms with Gasteiger partial charge in [0.1, 0.15) is 0 Å². The maximum absolute atomic E-state index is 5.59. The number of nitrogens with zero attached hydrogens (tertiary/aromatic N) is 3. The molecule has 8 aromatic carbocycles. The summed E-state index contributed by atoms with van der Waals surface area (Å²) in [4.78, 5) is 16.2. The first-order valence-corrected chi connectivity index (χ1v) is 19.3. The Bertz CT molecular complexity index is 3240. The minimum absolute atomic E-state index is 0.679. The molecule has 0 aliphatic carbocycles. The Morgan fingerprint density at radius 1 is 0.364 bits per heavy atom. The second-order valence-electron chi connectivity index (χ2n) is 13.9. The highest BCUT2D eigenvalue weighted by atomic mass is 32.1. The van der Waals surface area contributed by atoms with Crippen molar-refractivity contribution in [3.05, 3.63) is 188 Å². The summed E-state index contributed by atoms with van der Waals surface area (Å²) in [5.74, 6) is 0.679. The summed E-state index contributed by atoms with van der Waals surface area (Å²) in [6.07, 6.45) is 0. The van der Waals surface area contributed by atoms with Crippen LogP contribution in [-0.4, -0.2) is 15.0 Å². The standard InChI is InChI=1S/C51H31N3S/c1-3-14-32(15-4-1)33-26-28-35(29-27-33)45-31-44(34-16-5-2-6-17-34)53-51(54-45)41-23-13-24-43-47(41)50-48(40-22-11-12-25-46(40)55-50)49(52-43)42-30-36-18-7-8-19-37(36)38-20-9-10-21-39(38)42/h1-31H. The number of pyridine rings is 1. The lowest BCUT2D eigenvalue weighted by molar-refractivity contribution is 1.19. The first-order valence-electron chi connectivity index (χ1n) is 18.5. The third-order valence-electron chi connectivity index (χ3n) is 10.7. The molecule has 3 aromatic heterocycles. The molecular formula is C51H31N3S. The van der Waals surface area contributed by atoms with Crippen molar-refractivity contribution in [2.75, 3.05) is 0 Å². The Morgan fingerprint density at radius 2 is 0.945 bits per heavy atom. The maximum Gasteiger partial charge on any atom is 0.161 e. The molecular weight excluding hydrogens is 687 g/mol. The molecule has 0 saturated heterocycles. The zero-order chi connectivity index (χ0) is 36.3. The quantitative estimate of drug-likeness (QED) is 0.166. The van der Waals surface area contributed by atoms with E-state index in [-0.39, 0.29) is 0 Å². The molecule has 4 heteroatoms. The third-order valence-corrected chi connectivity index (χ3v) is 11.9. The van der Waals surface area contributed by atoms with Gasteiger partial charge in [-0.15, -0.1) is 11.3 Å². The molecule has 3 nitrogen and oxygen atoms in total. The number of thiophene rings is 1. The molecule has 55 heavy (non-hydrogen) atoms. The Hall–Kier alpha value is -7.01. The molecule has 3 heterocycles. The smallest absolute Gasteiger partial charge is 0.161 e. The molecule has 0 N–H and O–H groups in total. The van der Waals surface area contributed by atoms with Crippen molar-refractivity contribution in [2.45, 2.75) is 0 Å². The summed E-state index contributed by atoms with van der Waals surface area (Å²) in [6.45, 7) is 0. The van der Waals surface area contributed by atoms with Gasteiger partial charge in [-0.25, -0.2) is 15.0 Å². The third kappa shape index (κ3) is 5.30. The Morgan fingerprint density at radius 3 is 1.71 bits per heavy atom. The number of hydrogen-bond donors (Lipinski definition) is 0. The van der Waals surface area contributed by atoms with Gasteiger partial charge < -0.3 is 0 Å². The number of rotatable bonds is 5. The van der Waals surface area contributed by atoms with Crippen molar-refractivity contribution >= 4 is 64.0 Å². The number of aromatic nitrogens is 3. The number of hydrogen-bond acceptors (Lipinski definition) is 4. The summed E-state index contributed by atoms with van der Waals surface area (Å²) < 4.78 is 2.42. The monoisotopic (exact) mass is 717 g/mol. The molecule has 0 spiro atoms. The van der Waals surface area contributed by atoms with Gasteiger partial charge in [-0.2, -0.15) is 0 Å². The highest BCUT2D eigenvalue weighted by molar-refractivity contribution is 7.26. The first kappa shape index (κ1) is 31.5. The Kier molecular flexibility index (Phi) is 7.35. The SMILES string of the molecule is c1ccc(-c2ccc(-c3cc(-c4ccccc4)nc(-c4cccc5nc(-c6cc7ccccc7c7ccccc67)c6c7ccccc7sc6c45)n3)cc2)cc1. The molecule has 0 saturated carbocycles. The van der Waals surface area contributed by atoms with Crippen molar-refractivity contribution < 1.29 is 0 Å². The van der Waals surface area contributed by atoms with Crippen LogP contribution in [0.1, 0.15) is 0 Å². The predicted molar refractivity (Wildman–Crippen MR) is 232 cm³/mol. The summed E-state index contributed by atoms with van der Waals surface area (Å²) in [7, 11) is 0. The average Bonchev–Trinajstić information content (AvgIpc) is 3.66. The lowest BCUT2D eigenvalue weighted by Gasteiger charge is -2.15. The zero-order valence-electron chi connectivity index (χ0n) is 29.6. The van der Waals surface area contributed by atoms with E-state index in [0.717, 1.165) is 55.6 Å². The van der Waals surface area contributed by atoms with Gasteiger partial charge in [0, 0.05) is 47.8 Å². The molecule has 0 atom stereocenters. The van der Waals surface area contributed by atoms with Gasteiger partial charge in [-0.1, -0.05) is 164 Å². The Labute approximate surface area is 321 Å². The molecule has 0 aliphatic rings. The van der Waals surface area contributed by atoms with E-state index in [0.29, 0.717) is 5.82 Å². The van der Waals surface area contributed by atoms with Crippen LogP contribution in [0.25, 0.3) is 109 Å². The van der Waals surface area contributed by atoms with Gasteiger partial charge in [0.05, 0.1) is 22.6 Å². The van der Waals surface area contributed by atoms with Gasteiger partial charge in [0.15, 0.2) is 5.82 Å². The summed E-state index contributed by atoms with van der Waals surface area (Å²) in [5, 5.41) is 8.32. The lowest BCUT2D eigenvalue weighted by atomic mass is 9.93. The second kappa shape index (κ2) is 12.8. The van der Waals surface area contributed by atoms with E-state index in [1.54, 1.807) is 0 Å². The highest BCUT2D eigenvalue weighted by Crippen LogP contribution is 2.47. The summed E-state index contributed by atoms with van der Waals surface area (Å²) in [6, 6.07) is 66.5. The Balaban J connectivity index is 1.18. The van der Waals surface area contributed by atoms with Crippen LogP contribution < -0.4 is 0 Å². The van der Waals surface area contributed by atoms with Crippen LogP contribution in [-0.2, 0) is 0 Å². The van der Waals surface area contributed by atoms with Crippen LogP contribution in [0.2, 0.25) is 0 Å². The van der Waals surface area contributed by atoms with E-state index in [4.69, 9.17) is 15.0 Å². The zero-order valence-corrected chi connectivity index (χ0v) is 30.5. The topological polar surface area (TPSA) is 38.7 Å². The van der Waals surface area contributed by atoms with Crippen molar-refractivity contribution in [1.29, 1.82) is 0 Å². The lowest BCUT2D eigenvalue weighted by Crippen LogP contribution is -1.98. The molecule has 0 radical (unpaired) electrons. The van der Waals surface area contributed by atoms with Crippen molar-refractivity contribution in [3.63, 3.8) is 0 Å². The average molecular weight is 718 g/mol. The molecule has 0 amide bonds. The molecule has 11 aromatic rings. The van der Waals surface area contributed by atoms with Gasteiger partial charge in [0.25, 0.3) is 0 Å². The van der Waals surface area contributed by atoms with Crippen molar-refractivity contribution in [2.24, 2.45) is 0 Å². The van der Waals surface area contributed by atoms with E-state index in [1.165, 1.54) is 47.5 Å². The molecule has 0 bridgehead atoms. The van der Waals surface area contributed by atoms with Crippen molar-refractivity contribution in [1.82, 2.24) is 15.0 Å². The fourth-order valence-electron chi connectivity index (χ4n) is 8.07. The van der Waals surface area contributed by atoms with Gasteiger partial charge in [-0.05, 0) is 56.9 Å². The van der Waals surface area contributed by atoms with Crippen LogP contribution in [0.15, 0.2) is 188 Å². The van der Waals surface area contributed by atoms with Crippen LogP contribution >= 0.6 is 11.3 Å². The molecule has 0 fully saturated rings. The minimum Gasteiger partial charge on any atom is -0.247 e. The van der Waals surface area contributed by atoms with E-state index in [9.17, 15) is 0 Å². The maximum atomic E-state index is 5.59. The highest BCUT2D eigenvalue weighted by Gasteiger charge is 2.22. The van der Waals surface area contributed by atoms with E-state index < -0.39 is 0 Å². The fraction of sp³-hybridized carbons (Fsp3) is 0. The molecule has 11 rings (SSSR count). The minimum atomic E-state index is 0.679. The number of fused-ring (bicyclic) bond motifs is 8. The molecule has 0 aliphatic heterocycles. The van der Waals surface area contributed by atoms with Gasteiger partial charge in [0.2, 0.25) is 0 Å². The summed E-state index contributed by atoms with van der Waals surface area (Å²) >= 11 is 1.82. The van der Waals surface area contributed by atoms with E-state index in [1.807, 2.05) is 23.5 Å². The van der Waals surface area contributed by atoms with Gasteiger partial charge >= 0.3 is 0 Å². The van der Waals surface area contributed by atoms with E-state index >= 15 is 0 Å². The largest absolute Gasteiger partial charge is 0.247 e. The predicted octanol–water partition coefficient (Wildman–Crippen LogP) is 14.0. The van der Waals surface area contributed by atoms with Gasteiger partial charge in [-0.3, -0.25) is 0 Å². The van der Waals surface area contributed by atoms with Crippen LogP contribution in [0, 0.1) is 0 Å². The second-order valence-corrected chi connectivity index (χ2v) is 15.0. The summed E-state index contributed by atoms with van der Waals surface area (Å²) in [5.41, 5.74) is 10.2. The van der Waals surface area contributed by atoms with Crippen LogP contribution in [0.3, 0.4) is 0 Å². The molecule has 256 valence electrons. The normalized spacial score (nSPS) is 11.6. The number of benzene rings is 8. The van der Waals surface area contributed by atoms with Crippen LogP contribution in [0.4, 0.5) is 0 Å². The van der Waals surface area contributed by atoms with E-state index in [2.05, 4.69) is 176 Å². The van der Waals surface area contributed by atoms with Crippen molar-refractivity contribution in [3.8, 4) is 56.3 Å².